The number of pyridine rings is 1. The first-order valence-electron chi connectivity index (χ1n) is 3.89. The fourth-order valence-corrected chi connectivity index (χ4v) is 1.53. The summed E-state index contributed by atoms with van der Waals surface area (Å²) >= 11 is 5.27. The Morgan fingerprint density at radius 2 is 2.07 bits per heavy atom. The number of alkyl halides is 2. The molecule has 76 valence electrons. The van der Waals surface area contributed by atoms with Crippen molar-refractivity contribution in [3.8, 4) is 0 Å². The van der Waals surface area contributed by atoms with Crippen LogP contribution in [0.25, 0.3) is 0 Å². The topological polar surface area (TPSA) is 30.0 Å². The molecule has 0 aliphatic rings. The van der Waals surface area contributed by atoms with E-state index in [1.54, 1.807) is 6.92 Å². The smallest absolute Gasteiger partial charge is 0.265 e. The van der Waals surface area contributed by atoms with Crippen molar-refractivity contribution < 1.29 is 13.6 Å². The number of hydrogen-bond acceptors (Lipinski definition) is 2. The predicted molar refractivity (Wildman–Crippen MR) is 48.9 cm³/mol. The van der Waals surface area contributed by atoms with E-state index >= 15 is 0 Å². The third kappa shape index (κ3) is 1.90. The van der Waals surface area contributed by atoms with Crippen molar-refractivity contribution in [3.05, 3.63) is 28.6 Å². The van der Waals surface area contributed by atoms with Crippen LogP contribution in [0.4, 0.5) is 8.78 Å². The molecule has 1 aromatic rings. The van der Waals surface area contributed by atoms with Crippen LogP contribution >= 0.6 is 11.6 Å². The predicted octanol–water partition coefficient (Wildman–Crippen LogP) is 3.02. The molecule has 5 heteroatoms. The first kappa shape index (κ1) is 11.0. The van der Waals surface area contributed by atoms with Crippen LogP contribution in [0.5, 0.6) is 0 Å². The summed E-state index contributed by atoms with van der Waals surface area (Å²) in [5.74, 6) is 0. The Hall–Kier alpha value is -1.03. The van der Waals surface area contributed by atoms with Gasteiger partial charge in [0.05, 0.1) is 5.56 Å². The molecule has 0 aromatic carbocycles. The van der Waals surface area contributed by atoms with Gasteiger partial charge in [0.25, 0.3) is 11.7 Å². The van der Waals surface area contributed by atoms with Crippen molar-refractivity contribution in [1.82, 2.24) is 4.98 Å². The SMILES string of the molecule is Cc1ncc(C(F)F)c(C)c1C(=O)Cl. The first-order chi connectivity index (χ1) is 6.45. The summed E-state index contributed by atoms with van der Waals surface area (Å²) in [6.07, 6.45) is -1.57. The molecule has 0 fully saturated rings. The molecule has 0 amide bonds. The highest BCUT2D eigenvalue weighted by molar-refractivity contribution is 6.68. The Morgan fingerprint density at radius 3 is 2.50 bits per heavy atom. The van der Waals surface area contributed by atoms with Crippen LogP contribution < -0.4 is 0 Å². The van der Waals surface area contributed by atoms with E-state index in [1.807, 2.05) is 0 Å². The number of aromatic nitrogens is 1. The van der Waals surface area contributed by atoms with E-state index in [1.165, 1.54) is 6.92 Å². The molecule has 2 nitrogen and oxygen atoms in total. The van der Waals surface area contributed by atoms with Gasteiger partial charge in [-0.3, -0.25) is 9.78 Å². The third-order valence-electron chi connectivity index (χ3n) is 2.00. The molecule has 1 aromatic heterocycles. The monoisotopic (exact) mass is 219 g/mol. The minimum absolute atomic E-state index is 0.0736. The molecule has 0 atom stereocenters. The highest BCUT2D eigenvalue weighted by Crippen LogP contribution is 2.26. The number of halogens is 3. The van der Waals surface area contributed by atoms with Crippen LogP contribution in [-0.2, 0) is 0 Å². The van der Waals surface area contributed by atoms with Gasteiger partial charge in [-0.15, -0.1) is 0 Å². The lowest BCUT2D eigenvalue weighted by Gasteiger charge is -2.09. The normalized spacial score (nSPS) is 10.7. The van der Waals surface area contributed by atoms with E-state index in [2.05, 4.69) is 4.98 Å². The molecule has 0 N–H and O–H groups in total. The Balaban J connectivity index is 3.41. The molecule has 0 aliphatic heterocycles. The van der Waals surface area contributed by atoms with Crippen LogP contribution in [0.15, 0.2) is 6.20 Å². The number of aryl methyl sites for hydroxylation is 1. The van der Waals surface area contributed by atoms with Crippen molar-refractivity contribution in [2.45, 2.75) is 20.3 Å². The minimum atomic E-state index is -2.64. The summed E-state index contributed by atoms with van der Waals surface area (Å²) < 4.78 is 24.8. The average Bonchev–Trinajstić information content (AvgIpc) is 2.02. The first-order valence-corrected chi connectivity index (χ1v) is 4.27. The molecular weight excluding hydrogens is 212 g/mol. The van der Waals surface area contributed by atoms with Crippen molar-refractivity contribution >= 4 is 16.8 Å². The third-order valence-corrected chi connectivity index (χ3v) is 2.19. The summed E-state index contributed by atoms with van der Waals surface area (Å²) in [6, 6.07) is 0. The molecule has 0 bridgehead atoms. The van der Waals surface area contributed by atoms with Crippen molar-refractivity contribution in [3.63, 3.8) is 0 Å². The van der Waals surface area contributed by atoms with Gasteiger partial charge in [0, 0.05) is 17.5 Å². The second kappa shape index (κ2) is 4.00. The van der Waals surface area contributed by atoms with Gasteiger partial charge in [-0.05, 0) is 31.0 Å². The highest BCUT2D eigenvalue weighted by atomic mass is 35.5. The summed E-state index contributed by atoms with van der Waals surface area (Å²) in [4.78, 5) is 14.6. The number of carbonyl (C=O) groups is 1. The molecule has 0 saturated heterocycles. The molecular formula is C9H8ClF2NO. The Bertz CT molecular complexity index is 379. The van der Waals surface area contributed by atoms with E-state index in [9.17, 15) is 13.6 Å². The number of rotatable bonds is 2. The van der Waals surface area contributed by atoms with E-state index in [-0.39, 0.29) is 16.7 Å². The lowest BCUT2D eigenvalue weighted by atomic mass is 10.0. The summed E-state index contributed by atoms with van der Waals surface area (Å²) in [7, 11) is 0. The van der Waals surface area contributed by atoms with Crippen LogP contribution in [0.1, 0.15) is 33.6 Å². The fourth-order valence-electron chi connectivity index (χ4n) is 1.25. The summed E-state index contributed by atoms with van der Waals surface area (Å²) in [5.41, 5.74) is 0.392. The summed E-state index contributed by atoms with van der Waals surface area (Å²) in [5, 5.41) is -0.755. The van der Waals surface area contributed by atoms with Gasteiger partial charge in [0.2, 0.25) is 0 Å². The quantitative estimate of drug-likeness (QED) is 0.716. The molecule has 1 rings (SSSR count). The van der Waals surface area contributed by atoms with Gasteiger partial charge in [0.1, 0.15) is 0 Å². The Kier molecular flexibility index (Phi) is 3.16. The standard InChI is InChI=1S/C9H8ClF2NO/c1-4-6(9(11)12)3-13-5(2)7(4)8(10)14/h3,9H,1-2H3. The Morgan fingerprint density at radius 1 is 1.50 bits per heavy atom. The van der Waals surface area contributed by atoms with E-state index in [0.29, 0.717) is 5.69 Å². The van der Waals surface area contributed by atoms with Crippen LogP contribution in [0, 0.1) is 13.8 Å². The molecule has 1 heterocycles. The van der Waals surface area contributed by atoms with E-state index in [0.717, 1.165) is 6.20 Å². The fraction of sp³-hybridized carbons (Fsp3) is 0.333. The van der Waals surface area contributed by atoms with E-state index in [4.69, 9.17) is 11.6 Å². The molecule has 14 heavy (non-hydrogen) atoms. The van der Waals surface area contributed by atoms with Crippen molar-refractivity contribution in [2.24, 2.45) is 0 Å². The van der Waals surface area contributed by atoms with Crippen LogP contribution in [-0.4, -0.2) is 10.2 Å². The minimum Gasteiger partial charge on any atom is -0.276 e. The molecule has 0 unspecified atom stereocenters. The molecule has 0 spiro atoms. The molecule has 0 saturated carbocycles. The maximum Gasteiger partial charge on any atom is 0.265 e. The maximum absolute atomic E-state index is 12.4. The van der Waals surface area contributed by atoms with Crippen LogP contribution in [0.2, 0.25) is 0 Å². The zero-order valence-corrected chi connectivity index (χ0v) is 8.40. The Labute approximate surface area is 84.9 Å². The molecule has 0 aliphatic carbocycles. The number of carbonyl (C=O) groups excluding carboxylic acids is 1. The number of hydrogen-bond donors (Lipinski definition) is 0. The van der Waals surface area contributed by atoms with Gasteiger partial charge in [0.15, 0.2) is 0 Å². The van der Waals surface area contributed by atoms with Gasteiger partial charge >= 0.3 is 0 Å². The molecule has 0 radical (unpaired) electrons. The van der Waals surface area contributed by atoms with Gasteiger partial charge in [-0.1, -0.05) is 0 Å². The van der Waals surface area contributed by atoms with Gasteiger partial charge in [-0.2, -0.15) is 0 Å². The van der Waals surface area contributed by atoms with Crippen molar-refractivity contribution in [2.75, 3.05) is 0 Å². The van der Waals surface area contributed by atoms with Gasteiger partial charge < -0.3 is 0 Å². The second-order valence-corrected chi connectivity index (χ2v) is 3.22. The average molecular weight is 220 g/mol. The number of nitrogens with zero attached hydrogens (tertiary/aromatic N) is 1. The highest BCUT2D eigenvalue weighted by Gasteiger charge is 2.18. The van der Waals surface area contributed by atoms with Crippen LogP contribution in [0.3, 0.4) is 0 Å². The van der Waals surface area contributed by atoms with E-state index < -0.39 is 11.7 Å². The van der Waals surface area contributed by atoms with Crippen molar-refractivity contribution in [1.29, 1.82) is 0 Å². The van der Waals surface area contributed by atoms with Gasteiger partial charge in [-0.25, -0.2) is 8.78 Å². The second-order valence-electron chi connectivity index (χ2n) is 2.87. The zero-order valence-electron chi connectivity index (χ0n) is 7.64. The zero-order chi connectivity index (χ0) is 10.9. The summed E-state index contributed by atoms with van der Waals surface area (Å²) in [6.45, 7) is 2.99. The lowest BCUT2D eigenvalue weighted by molar-refractivity contribution is 0.107. The largest absolute Gasteiger partial charge is 0.276 e. The maximum atomic E-state index is 12.4. The lowest BCUT2D eigenvalue weighted by Crippen LogP contribution is -2.04.